The standard InChI is InChI=1S/C20H14O.2C3H6.C2H6O2/c1-3-11-17-15(7-1)9-5-13-19(17)21-20-14-6-10-16-8-2-4-12-18(16)20;2*1-3-2;3-1-2-4/h1-14H;2*3H,1H2,2H3;3-4H,1-2H2. The van der Waals surface area contributed by atoms with Crippen LogP contribution in [0, 0.1) is 0 Å². The van der Waals surface area contributed by atoms with Crippen molar-refractivity contribution in [1.82, 2.24) is 0 Å². The summed E-state index contributed by atoms with van der Waals surface area (Å²) in [5.41, 5.74) is 0. The highest BCUT2D eigenvalue weighted by Crippen LogP contribution is 2.33. The minimum absolute atomic E-state index is 0.125. The van der Waals surface area contributed by atoms with Crippen molar-refractivity contribution < 1.29 is 14.9 Å². The molecule has 0 saturated carbocycles. The quantitative estimate of drug-likeness (QED) is 0.349. The molecule has 0 atom stereocenters. The molecular weight excluding hydrogens is 384 g/mol. The average Bonchev–Trinajstić information content (AvgIpc) is 2.81. The Kier molecular flexibility index (Phi) is 12.8. The summed E-state index contributed by atoms with van der Waals surface area (Å²) in [6.07, 6.45) is 3.50. The van der Waals surface area contributed by atoms with Crippen molar-refractivity contribution in [3.63, 3.8) is 0 Å². The highest BCUT2D eigenvalue weighted by atomic mass is 16.5. The topological polar surface area (TPSA) is 49.7 Å². The molecule has 2 N–H and O–H groups in total. The van der Waals surface area contributed by atoms with E-state index in [2.05, 4.69) is 49.6 Å². The number of allylic oxidation sites excluding steroid dienone is 2. The largest absolute Gasteiger partial charge is 0.456 e. The Morgan fingerprint density at radius 1 is 0.613 bits per heavy atom. The molecule has 162 valence electrons. The predicted octanol–water partition coefficient (Wildman–Crippen LogP) is 7.14. The number of benzene rings is 4. The maximum absolute atomic E-state index is 7.62. The lowest BCUT2D eigenvalue weighted by Crippen LogP contribution is -1.87. The first-order valence-corrected chi connectivity index (χ1v) is 10.2. The van der Waals surface area contributed by atoms with E-state index >= 15 is 0 Å². The molecule has 0 saturated heterocycles. The van der Waals surface area contributed by atoms with Gasteiger partial charge in [0.05, 0.1) is 13.2 Å². The fraction of sp³-hybridized carbons (Fsp3) is 0.143. The summed E-state index contributed by atoms with van der Waals surface area (Å²) in [6, 6.07) is 28.9. The molecule has 0 heterocycles. The van der Waals surface area contributed by atoms with Crippen LogP contribution in [0.5, 0.6) is 11.5 Å². The van der Waals surface area contributed by atoms with Gasteiger partial charge in [-0.1, -0.05) is 84.9 Å². The van der Waals surface area contributed by atoms with E-state index in [9.17, 15) is 0 Å². The van der Waals surface area contributed by atoms with E-state index < -0.39 is 0 Å². The molecule has 0 spiro atoms. The van der Waals surface area contributed by atoms with Crippen molar-refractivity contribution in [2.75, 3.05) is 13.2 Å². The number of rotatable bonds is 3. The van der Waals surface area contributed by atoms with E-state index in [0.29, 0.717) is 0 Å². The third-order valence-electron chi connectivity index (χ3n) is 3.82. The van der Waals surface area contributed by atoms with Gasteiger partial charge < -0.3 is 14.9 Å². The third-order valence-corrected chi connectivity index (χ3v) is 3.82. The molecule has 4 aromatic rings. The van der Waals surface area contributed by atoms with Gasteiger partial charge in [0.1, 0.15) is 11.5 Å². The first kappa shape index (κ1) is 25.6. The summed E-state index contributed by atoms with van der Waals surface area (Å²) in [4.78, 5) is 0. The third kappa shape index (κ3) is 8.47. The Balaban J connectivity index is 0.000000411. The number of fused-ring (bicyclic) bond motifs is 2. The molecule has 0 radical (unpaired) electrons. The average molecular weight is 417 g/mol. The highest BCUT2D eigenvalue weighted by Gasteiger charge is 2.05. The Morgan fingerprint density at radius 3 is 1.29 bits per heavy atom. The number of hydrogen-bond acceptors (Lipinski definition) is 3. The molecule has 31 heavy (non-hydrogen) atoms. The van der Waals surface area contributed by atoms with Gasteiger partial charge in [-0.05, 0) is 36.8 Å². The molecule has 0 aromatic heterocycles. The van der Waals surface area contributed by atoms with Gasteiger partial charge in [0.25, 0.3) is 0 Å². The van der Waals surface area contributed by atoms with Crippen LogP contribution in [-0.2, 0) is 0 Å². The van der Waals surface area contributed by atoms with Gasteiger partial charge in [0.2, 0.25) is 0 Å². The molecule has 0 aliphatic carbocycles. The predicted molar refractivity (Wildman–Crippen MR) is 134 cm³/mol. The Labute approximate surface area is 185 Å². The van der Waals surface area contributed by atoms with E-state index in [1.54, 1.807) is 12.2 Å². The van der Waals surface area contributed by atoms with Crippen molar-refractivity contribution in [2.24, 2.45) is 0 Å². The fourth-order valence-corrected chi connectivity index (χ4v) is 2.69. The van der Waals surface area contributed by atoms with Crippen LogP contribution in [0.15, 0.2) is 110 Å². The van der Waals surface area contributed by atoms with Crippen molar-refractivity contribution in [3.8, 4) is 11.5 Å². The number of aliphatic hydroxyl groups excluding tert-OH is 2. The Bertz CT molecular complexity index is 958. The van der Waals surface area contributed by atoms with Crippen LogP contribution in [-0.4, -0.2) is 23.4 Å². The number of ether oxygens (including phenoxy) is 1. The van der Waals surface area contributed by atoms with Gasteiger partial charge in [-0.15, -0.1) is 13.2 Å². The molecule has 0 bridgehead atoms. The van der Waals surface area contributed by atoms with E-state index in [0.717, 1.165) is 22.3 Å². The van der Waals surface area contributed by atoms with Crippen molar-refractivity contribution in [3.05, 3.63) is 110 Å². The minimum atomic E-state index is -0.125. The lowest BCUT2D eigenvalue weighted by molar-refractivity contribution is 0.186. The van der Waals surface area contributed by atoms with E-state index in [4.69, 9.17) is 14.9 Å². The summed E-state index contributed by atoms with van der Waals surface area (Å²) in [5, 5.41) is 19.9. The summed E-state index contributed by atoms with van der Waals surface area (Å²) >= 11 is 0. The SMILES string of the molecule is C=CC.C=CC.OCCO.c1ccc2c(Oc3cccc4ccccc34)cccc2c1. The maximum atomic E-state index is 7.62. The summed E-state index contributed by atoms with van der Waals surface area (Å²) in [6.45, 7) is 10.2. The Hall–Kier alpha value is -3.40. The normalized spacial score (nSPS) is 9.16. The molecule has 3 nitrogen and oxygen atoms in total. The van der Waals surface area contributed by atoms with Crippen LogP contribution in [0.4, 0.5) is 0 Å². The van der Waals surface area contributed by atoms with Crippen molar-refractivity contribution in [1.29, 1.82) is 0 Å². The van der Waals surface area contributed by atoms with E-state index in [-0.39, 0.29) is 13.2 Å². The van der Waals surface area contributed by atoms with Crippen LogP contribution in [0.2, 0.25) is 0 Å². The molecular formula is C28H32O3. The second-order valence-corrected chi connectivity index (χ2v) is 6.32. The first-order valence-electron chi connectivity index (χ1n) is 10.2. The monoisotopic (exact) mass is 416 g/mol. The maximum Gasteiger partial charge on any atom is 0.135 e. The van der Waals surface area contributed by atoms with Gasteiger partial charge in [0, 0.05) is 10.8 Å². The van der Waals surface area contributed by atoms with Crippen LogP contribution >= 0.6 is 0 Å². The molecule has 3 heteroatoms. The van der Waals surface area contributed by atoms with Gasteiger partial charge in [-0.25, -0.2) is 0 Å². The zero-order chi connectivity index (χ0) is 22.9. The van der Waals surface area contributed by atoms with E-state index in [1.807, 2.05) is 62.4 Å². The van der Waals surface area contributed by atoms with Crippen LogP contribution in [0.1, 0.15) is 13.8 Å². The fourth-order valence-electron chi connectivity index (χ4n) is 2.69. The Morgan fingerprint density at radius 2 is 0.935 bits per heavy atom. The molecule has 4 aromatic carbocycles. The second-order valence-electron chi connectivity index (χ2n) is 6.32. The molecule has 0 aliphatic rings. The summed E-state index contributed by atoms with van der Waals surface area (Å²) < 4.78 is 6.20. The van der Waals surface area contributed by atoms with Crippen LogP contribution in [0.25, 0.3) is 21.5 Å². The van der Waals surface area contributed by atoms with Gasteiger partial charge in [-0.3, -0.25) is 0 Å². The second kappa shape index (κ2) is 15.4. The number of aliphatic hydroxyl groups is 2. The summed E-state index contributed by atoms with van der Waals surface area (Å²) in [7, 11) is 0. The highest BCUT2D eigenvalue weighted by molar-refractivity contribution is 5.91. The molecule has 0 unspecified atom stereocenters. The molecule has 0 amide bonds. The van der Waals surface area contributed by atoms with Gasteiger partial charge in [-0.2, -0.15) is 0 Å². The van der Waals surface area contributed by atoms with Crippen LogP contribution < -0.4 is 4.74 Å². The minimum Gasteiger partial charge on any atom is -0.456 e. The zero-order valence-corrected chi connectivity index (χ0v) is 18.4. The number of hydrogen-bond donors (Lipinski definition) is 2. The van der Waals surface area contributed by atoms with Crippen molar-refractivity contribution >= 4 is 21.5 Å². The van der Waals surface area contributed by atoms with Gasteiger partial charge in [0.15, 0.2) is 0 Å². The van der Waals surface area contributed by atoms with Crippen LogP contribution in [0.3, 0.4) is 0 Å². The van der Waals surface area contributed by atoms with Crippen molar-refractivity contribution in [2.45, 2.75) is 13.8 Å². The lowest BCUT2D eigenvalue weighted by Gasteiger charge is -2.11. The smallest absolute Gasteiger partial charge is 0.135 e. The molecule has 0 aliphatic heterocycles. The van der Waals surface area contributed by atoms with Gasteiger partial charge >= 0.3 is 0 Å². The molecule has 0 fully saturated rings. The lowest BCUT2D eigenvalue weighted by atomic mass is 10.1. The zero-order valence-electron chi connectivity index (χ0n) is 18.4. The molecule has 4 rings (SSSR count). The first-order chi connectivity index (χ1) is 15.2. The van der Waals surface area contributed by atoms with E-state index in [1.165, 1.54) is 10.8 Å². The summed E-state index contributed by atoms with van der Waals surface area (Å²) in [5.74, 6) is 1.79.